The van der Waals surface area contributed by atoms with Gasteiger partial charge in [-0.2, -0.15) is 52.7 Å². The van der Waals surface area contributed by atoms with Crippen LogP contribution >= 0.6 is 14.5 Å². The Hall–Kier alpha value is 0.737. The topological polar surface area (TPSA) is 215 Å². The number of alkyl halides is 12. The Kier molecular flexibility index (Phi) is 65.2. The Morgan fingerprint density at radius 2 is 0.444 bits per heavy atom. The second kappa shape index (κ2) is 57.6. The molecule has 544 valence electrons. The van der Waals surface area contributed by atoms with Crippen molar-refractivity contribution in [3.8, 4) is 0 Å². The predicted octanol–water partition coefficient (Wildman–Crippen LogP) is 14.2. The summed E-state index contributed by atoms with van der Waals surface area (Å²) in [4.78, 5) is 0. The van der Waals surface area contributed by atoms with Crippen LogP contribution < -0.4 is 51.4 Å². The summed E-state index contributed by atoms with van der Waals surface area (Å²) >= 11 is 0. The molecule has 0 saturated heterocycles. The van der Waals surface area contributed by atoms with Crippen LogP contribution in [0.25, 0.3) is 4.13 Å². The average Bonchev–Trinajstić information content (AvgIpc) is 3.42. The zero-order valence-electron chi connectivity index (χ0n) is 55.7. The number of sulfonamides is 4. The number of rotatable bonds is 52. The monoisotopic (exact) mass is 1500 g/mol. The van der Waals surface area contributed by atoms with Gasteiger partial charge in [0, 0.05) is 14.5 Å². The van der Waals surface area contributed by atoms with Crippen LogP contribution in [0.1, 0.15) is 286 Å². The van der Waals surface area contributed by atoms with Crippen LogP contribution in [0, 0.1) is 0 Å². The van der Waals surface area contributed by atoms with Crippen molar-refractivity contribution in [2.75, 3.05) is 62.4 Å². The molecule has 0 saturated carbocycles. The van der Waals surface area contributed by atoms with E-state index in [4.69, 9.17) is 11.5 Å². The first-order valence-corrected chi connectivity index (χ1v) is 43.7. The molecule has 0 aromatic rings. The molecule has 0 radical (unpaired) electrons. The van der Waals surface area contributed by atoms with Crippen LogP contribution in [0.15, 0.2) is 0 Å². The van der Waals surface area contributed by atoms with Gasteiger partial charge in [-0.15, -0.1) is 0 Å². The van der Waals surface area contributed by atoms with Crippen LogP contribution in [0.4, 0.5) is 52.7 Å². The van der Waals surface area contributed by atoms with Crippen molar-refractivity contribution < 1.29 is 122 Å². The minimum Gasteiger partial charge on any atom is -1.00 e. The summed E-state index contributed by atoms with van der Waals surface area (Å²) in [7, 11) is -28.2. The Labute approximate surface area is 562 Å². The maximum atomic E-state index is 11.5. The fraction of sp³-hybridized carbons (Fsp3) is 1.00. The van der Waals surface area contributed by atoms with E-state index < -0.39 is 80.8 Å². The van der Waals surface area contributed by atoms with E-state index in [1.54, 1.807) is 37.0 Å². The van der Waals surface area contributed by atoms with Crippen LogP contribution in [-0.2, 0) is 40.1 Å². The van der Waals surface area contributed by atoms with Gasteiger partial charge < -0.3 is 32.6 Å². The molecule has 12 nitrogen and oxygen atoms in total. The third-order valence-electron chi connectivity index (χ3n) is 15.2. The Morgan fingerprint density at radius 1 is 0.289 bits per heavy atom. The molecule has 0 fully saturated rings. The molecule has 0 aliphatic carbocycles. The fourth-order valence-corrected chi connectivity index (χ4v) is 23.4. The Morgan fingerprint density at radius 3 is 0.589 bits per heavy atom. The SMILES string of the molecule is CCCCCCCC[P+](CCCN)(CCCCCCCC)CCCCCCCC.CCCCCCCC[P+](CCCN)(CCCCCCCC)CCCCCCCC.O=S(=O)(NS(=O)(=O)C(F)(F)F)C(F)(F)F.O=S(=O)([N-]S(=O)(=O)C(F)(F)F)C(F)(F)F.[Br-].[Li+]. The van der Waals surface area contributed by atoms with Gasteiger partial charge >= 0.3 is 60.9 Å². The molecular formula is C58H119BrF12LiN4O8P2S4+. The minimum absolute atomic E-state index is 0. The molecule has 0 rings (SSSR count). The van der Waals surface area contributed by atoms with Gasteiger partial charge in [0.2, 0.25) is 0 Å². The molecule has 5 N–H and O–H groups in total. The molecule has 0 unspecified atom stereocenters. The molecule has 90 heavy (non-hydrogen) atoms. The van der Waals surface area contributed by atoms with Crippen molar-refractivity contribution in [1.29, 1.82) is 0 Å². The maximum absolute atomic E-state index is 11.5. The zero-order valence-corrected chi connectivity index (χ0v) is 62.4. The summed E-state index contributed by atoms with van der Waals surface area (Å²) in [5, 5.41) is 0. The Balaban J connectivity index is -0.000000271. The van der Waals surface area contributed by atoms with Gasteiger partial charge in [-0.25, -0.2) is 33.7 Å². The molecule has 0 aliphatic heterocycles. The second-order valence-electron chi connectivity index (χ2n) is 23.3. The Bertz CT molecular complexity index is 1800. The normalized spacial score (nSPS) is 12.8. The summed E-state index contributed by atoms with van der Waals surface area (Å²) in [5.41, 5.74) is -12.7. The first-order valence-electron chi connectivity index (χ1n) is 32.8. The van der Waals surface area contributed by atoms with E-state index in [2.05, 4.69) is 41.5 Å². The molecule has 0 amide bonds. The van der Waals surface area contributed by atoms with Crippen molar-refractivity contribution in [2.45, 2.75) is 308 Å². The molecule has 0 bridgehead atoms. The van der Waals surface area contributed by atoms with E-state index in [-0.39, 0.29) is 35.8 Å². The van der Waals surface area contributed by atoms with E-state index in [1.165, 1.54) is 256 Å². The summed E-state index contributed by atoms with van der Waals surface area (Å²) < 4.78 is 218. The van der Waals surface area contributed by atoms with E-state index in [0.29, 0.717) is 0 Å². The van der Waals surface area contributed by atoms with Gasteiger partial charge in [0.15, 0.2) is 20.0 Å². The third kappa shape index (κ3) is 53.7. The van der Waals surface area contributed by atoms with Crippen molar-refractivity contribution in [1.82, 2.24) is 4.13 Å². The molecule has 32 heteroatoms. The number of hydrogen-bond donors (Lipinski definition) is 3. The number of nitrogens with zero attached hydrogens (tertiary/aromatic N) is 1. The first-order chi connectivity index (χ1) is 40.9. The van der Waals surface area contributed by atoms with Gasteiger partial charge in [-0.05, 0) is 103 Å². The number of nitrogens with one attached hydrogen (secondary N) is 1. The number of hydrogen-bond acceptors (Lipinski definition) is 10. The molecule has 0 aliphatic rings. The maximum Gasteiger partial charge on any atom is 1.00 e. The van der Waals surface area contributed by atoms with Crippen LogP contribution in [0.2, 0.25) is 0 Å². The van der Waals surface area contributed by atoms with Crippen LogP contribution in [-0.4, -0.2) is 118 Å². The van der Waals surface area contributed by atoms with E-state index >= 15 is 0 Å². The van der Waals surface area contributed by atoms with Gasteiger partial charge in [0.1, 0.15) is 0 Å². The molecule has 0 aromatic heterocycles. The van der Waals surface area contributed by atoms with Gasteiger partial charge in [-0.3, -0.25) is 0 Å². The number of nitrogens with two attached hydrogens (primary N) is 2. The molecule has 0 spiro atoms. The van der Waals surface area contributed by atoms with E-state index in [0.717, 1.165) is 17.2 Å². The smallest absolute Gasteiger partial charge is 1.00 e. The van der Waals surface area contributed by atoms with Crippen molar-refractivity contribution >= 4 is 54.6 Å². The van der Waals surface area contributed by atoms with E-state index in [1.807, 2.05) is 0 Å². The van der Waals surface area contributed by atoms with Crippen LogP contribution in [0.3, 0.4) is 0 Å². The summed E-state index contributed by atoms with van der Waals surface area (Å²) in [6.07, 6.45) is 67.4. The zero-order chi connectivity index (χ0) is 68.4. The van der Waals surface area contributed by atoms with Gasteiger partial charge in [-0.1, -0.05) is 200 Å². The molecule has 0 aromatic carbocycles. The van der Waals surface area contributed by atoms with Crippen molar-refractivity contribution in [3.05, 3.63) is 4.13 Å². The fourth-order valence-electron chi connectivity index (χ4n) is 10.0. The largest absolute Gasteiger partial charge is 1.00 e. The summed E-state index contributed by atoms with van der Waals surface area (Å²) in [6.45, 7) is 15.8. The van der Waals surface area contributed by atoms with Crippen LogP contribution in [0.5, 0.6) is 0 Å². The number of unbranched alkanes of at least 4 members (excludes halogenated alkanes) is 30. The second-order valence-corrected chi connectivity index (χ2v) is 39.2. The van der Waals surface area contributed by atoms with E-state index in [9.17, 15) is 86.4 Å². The van der Waals surface area contributed by atoms with Gasteiger partial charge in [0.05, 0.1) is 49.3 Å². The standard InChI is InChI=1S/2C27H59NP.C2HF6NO4S2.C2F6NO4S2.BrH.Li/c2*1-4-7-10-13-16-19-24-29(27-22-23-28,25-20-17-14-11-8-5-2)26-21-18-15-12-9-6-3;2*3-1(4,5)14(10,11)9-15(12,13)2(6,7)8;;/h2*4-28H2,1-3H3;9H;;1H;/q2*+1;;-1;;+1/p-1. The molecule has 0 atom stereocenters. The predicted molar refractivity (Wildman–Crippen MR) is 347 cm³/mol. The summed E-state index contributed by atoms with van der Waals surface area (Å²) in [6, 6.07) is 0. The number of halogens is 13. The quantitative estimate of drug-likeness (QED) is 0.0227. The van der Waals surface area contributed by atoms with Crippen molar-refractivity contribution in [3.63, 3.8) is 0 Å². The van der Waals surface area contributed by atoms with Crippen molar-refractivity contribution in [2.24, 2.45) is 11.5 Å². The molecule has 0 heterocycles. The average molecular weight is 1510 g/mol. The first kappa shape index (κ1) is 102. The van der Waals surface area contributed by atoms with Gasteiger partial charge in [0.25, 0.3) is 0 Å². The molecular weight excluding hydrogens is 1390 g/mol. The minimum atomic E-state index is -6.72. The summed E-state index contributed by atoms with van der Waals surface area (Å²) in [5.74, 6) is 0. The third-order valence-corrected chi connectivity index (χ3v) is 31.0.